The Hall–Kier alpha value is -1.10. The van der Waals surface area contributed by atoms with Gasteiger partial charge in [-0.25, -0.2) is 0 Å². The van der Waals surface area contributed by atoms with E-state index in [1.54, 1.807) is 4.90 Å². The van der Waals surface area contributed by atoms with Gasteiger partial charge in [-0.05, 0) is 45.4 Å². The van der Waals surface area contributed by atoms with E-state index in [1.807, 2.05) is 6.92 Å². The van der Waals surface area contributed by atoms with Crippen LogP contribution in [0.1, 0.15) is 58.8 Å². The van der Waals surface area contributed by atoms with E-state index in [2.05, 4.69) is 12.2 Å². The van der Waals surface area contributed by atoms with Crippen LogP contribution in [0, 0.1) is 11.8 Å². The lowest BCUT2D eigenvalue weighted by molar-refractivity contribution is -0.141. The number of nitrogens with one attached hydrogen (secondary N) is 1. The number of hydrogen-bond donors (Lipinski definition) is 2. The predicted molar refractivity (Wildman–Crippen MR) is 85.2 cm³/mol. The molecule has 0 radical (unpaired) electrons. The molecule has 126 valence electrons. The van der Waals surface area contributed by atoms with E-state index < -0.39 is 6.10 Å². The van der Waals surface area contributed by atoms with E-state index in [9.17, 15) is 14.7 Å². The van der Waals surface area contributed by atoms with Crippen molar-refractivity contribution in [3.63, 3.8) is 0 Å². The minimum atomic E-state index is -0.494. The van der Waals surface area contributed by atoms with Crippen LogP contribution in [0.3, 0.4) is 0 Å². The highest BCUT2D eigenvalue weighted by molar-refractivity contribution is 5.83. The molecule has 0 aromatic rings. The number of nitrogens with zero attached hydrogens (tertiary/aromatic N) is 1. The fourth-order valence-corrected chi connectivity index (χ4v) is 3.72. The fourth-order valence-electron chi connectivity index (χ4n) is 3.72. The average molecular weight is 310 g/mol. The molecule has 0 aromatic carbocycles. The molecular weight excluding hydrogens is 280 g/mol. The van der Waals surface area contributed by atoms with Crippen LogP contribution in [0.25, 0.3) is 0 Å². The van der Waals surface area contributed by atoms with Crippen LogP contribution >= 0.6 is 0 Å². The van der Waals surface area contributed by atoms with Crippen molar-refractivity contribution in [1.29, 1.82) is 0 Å². The van der Waals surface area contributed by atoms with Crippen molar-refractivity contribution in [3.8, 4) is 0 Å². The zero-order valence-corrected chi connectivity index (χ0v) is 13.9. The lowest BCUT2D eigenvalue weighted by Crippen LogP contribution is -2.49. The molecule has 1 aliphatic carbocycles. The number of likely N-dealkylation sites (tertiary alicyclic amines) is 1. The Labute approximate surface area is 133 Å². The fraction of sp³-hybridized carbons (Fsp3) is 0.882. The SMILES string of the molecule is CCCC(C)NC(=O)C1CCCN(C(=O)C2CCCC2O)C1. The van der Waals surface area contributed by atoms with Crippen LogP contribution in [0.15, 0.2) is 0 Å². The highest BCUT2D eigenvalue weighted by Crippen LogP contribution is 2.29. The third-order valence-electron chi connectivity index (χ3n) is 5.01. The molecule has 4 unspecified atom stereocenters. The van der Waals surface area contributed by atoms with Crippen molar-refractivity contribution < 1.29 is 14.7 Å². The zero-order valence-electron chi connectivity index (χ0n) is 13.9. The maximum absolute atomic E-state index is 12.5. The Morgan fingerprint density at radius 2 is 2.05 bits per heavy atom. The monoisotopic (exact) mass is 310 g/mol. The quantitative estimate of drug-likeness (QED) is 0.812. The first kappa shape index (κ1) is 17.3. The van der Waals surface area contributed by atoms with Gasteiger partial charge in [0.1, 0.15) is 0 Å². The maximum Gasteiger partial charge on any atom is 0.228 e. The molecule has 5 heteroatoms. The number of aliphatic hydroxyl groups excluding tert-OH is 1. The molecule has 2 rings (SSSR count). The largest absolute Gasteiger partial charge is 0.392 e. The first-order valence-corrected chi connectivity index (χ1v) is 8.80. The van der Waals surface area contributed by atoms with E-state index in [-0.39, 0.29) is 29.7 Å². The third kappa shape index (κ3) is 4.22. The molecule has 1 heterocycles. The van der Waals surface area contributed by atoms with Crippen LogP contribution in [0.5, 0.6) is 0 Å². The Morgan fingerprint density at radius 1 is 1.27 bits per heavy atom. The molecule has 22 heavy (non-hydrogen) atoms. The number of piperidine rings is 1. The highest BCUT2D eigenvalue weighted by Gasteiger charge is 2.37. The van der Waals surface area contributed by atoms with Crippen molar-refractivity contribution in [2.75, 3.05) is 13.1 Å². The minimum Gasteiger partial charge on any atom is -0.392 e. The second-order valence-electron chi connectivity index (χ2n) is 6.93. The topological polar surface area (TPSA) is 69.6 Å². The molecule has 1 saturated heterocycles. The first-order chi connectivity index (χ1) is 10.5. The summed E-state index contributed by atoms with van der Waals surface area (Å²) in [5.41, 5.74) is 0. The van der Waals surface area contributed by atoms with Gasteiger partial charge in [0.15, 0.2) is 0 Å². The molecule has 2 amide bonds. The normalized spacial score (nSPS) is 30.1. The van der Waals surface area contributed by atoms with Crippen molar-refractivity contribution in [1.82, 2.24) is 10.2 Å². The number of aliphatic hydroxyl groups is 1. The second-order valence-corrected chi connectivity index (χ2v) is 6.93. The summed E-state index contributed by atoms with van der Waals surface area (Å²) in [6, 6.07) is 0.195. The van der Waals surface area contributed by atoms with Crippen molar-refractivity contribution in [2.45, 2.75) is 70.9 Å². The number of hydrogen-bond acceptors (Lipinski definition) is 3. The van der Waals surface area contributed by atoms with Gasteiger partial charge >= 0.3 is 0 Å². The summed E-state index contributed by atoms with van der Waals surface area (Å²) in [5, 5.41) is 13.0. The summed E-state index contributed by atoms with van der Waals surface area (Å²) in [6.45, 7) is 5.36. The number of carbonyl (C=O) groups excluding carboxylic acids is 2. The van der Waals surface area contributed by atoms with Gasteiger partial charge in [-0.1, -0.05) is 13.3 Å². The lowest BCUT2D eigenvalue weighted by atomic mass is 9.94. The van der Waals surface area contributed by atoms with E-state index in [1.165, 1.54) is 0 Å². The van der Waals surface area contributed by atoms with Crippen LogP contribution in [0.4, 0.5) is 0 Å². The van der Waals surface area contributed by atoms with E-state index in [0.29, 0.717) is 6.54 Å². The van der Waals surface area contributed by atoms with Gasteiger partial charge in [0.2, 0.25) is 11.8 Å². The zero-order chi connectivity index (χ0) is 16.1. The molecule has 2 aliphatic rings. The average Bonchev–Trinajstić information content (AvgIpc) is 2.93. The van der Waals surface area contributed by atoms with Crippen molar-refractivity contribution in [2.24, 2.45) is 11.8 Å². The third-order valence-corrected chi connectivity index (χ3v) is 5.01. The number of carbonyl (C=O) groups is 2. The lowest BCUT2D eigenvalue weighted by Gasteiger charge is -2.34. The maximum atomic E-state index is 12.5. The Balaban J connectivity index is 1.88. The predicted octanol–water partition coefficient (Wildman–Crippen LogP) is 1.69. The van der Waals surface area contributed by atoms with Crippen LogP contribution < -0.4 is 5.32 Å². The smallest absolute Gasteiger partial charge is 0.228 e. The number of amides is 2. The minimum absolute atomic E-state index is 0.0455. The molecule has 0 spiro atoms. The molecule has 2 N–H and O–H groups in total. The summed E-state index contributed by atoms with van der Waals surface area (Å²) >= 11 is 0. The summed E-state index contributed by atoms with van der Waals surface area (Å²) in [6.07, 6.45) is 5.68. The van der Waals surface area contributed by atoms with Gasteiger partial charge in [0.25, 0.3) is 0 Å². The molecule has 4 atom stereocenters. The first-order valence-electron chi connectivity index (χ1n) is 8.80. The van der Waals surface area contributed by atoms with Gasteiger partial charge in [-0.3, -0.25) is 9.59 Å². The van der Waals surface area contributed by atoms with Gasteiger partial charge in [0, 0.05) is 19.1 Å². The van der Waals surface area contributed by atoms with Crippen LogP contribution in [0.2, 0.25) is 0 Å². The molecule has 1 aliphatic heterocycles. The molecular formula is C17H30N2O3. The molecule has 0 aromatic heterocycles. The standard InChI is InChI=1S/C17H30N2O3/c1-3-6-12(2)18-16(21)13-7-5-10-19(11-13)17(22)14-8-4-9-15(14)20/h12-15,20H,3-11H2,1-2H3,(H,18,21). The molecule has 0 bridgehead atoms. The van der Waals surface area contributed by atoms with E-state index in [4.69, 9.17) is 0 Å². The summed E-state index contributed by atoms with van der Waals surface area (Å²) in [5.74, 6) is -0.231. The summed E-state index contributed by atoms with van der Waals surface area (Å²) < 4.78 is 0. The highest BCUT2D eigenvalue weighted by atomic mass is 16.3. The molecule has 2 fully saturated rings. The summed E-state index contributed by atoms with van der Waals surface area (Å²) in [4.78, 5) is 26.7. The number of rotatable bonds is 5. The molecule has 1 saturated carbocycles. The van der Waals surface area contributed by atoms with E-state index in [0.717, 1.165) is 51.5 Å². The van der Waals surface area contributed by atoms with Gasteiger partial charge < -0.3 is 15.3 Å². The van der Waals surface area contributed by atoms with E-state index >= 15 is 0 Å². The summed E-state index contributed by atoms with van der Waals surface area (Å²) in [7, 11) is 0. The van der Waals surface area contributed by atoms with Crippen molar-refractivity contribution >= 4 is 11.8 Å². The van der Waals surface area contributed by atoms with Gasteiger partial charge in [0.05, 0.1) is 17.9 Å². The van der Waals surface area contributed by atoms with Crippen LogP contribution in [-0.2, 0) is 9.59 Å². The van der Waals surface area contributed by atoms with Gasteiger partial charge in [-0.15, -0.1) is 0 Å². The Bertz CT molecular complexity index is 399. The molecule has 5 nitrogen and oxygen atoms in total. The van der Waals surface area contributed by atoms with Crippen molar-refractivity contribution in [3.05, 3.63) is 0 Å². The van der Waals surface area contributed by atoms with Gasteiger partial charge in [-0.2, -0.15) is 0 Å². The second kappa shape index (κ2) is 7.95. The van der Waals surface area contributed by atoms with Crippen LogP contribution in [-0.4, -0.2) is 47.1 Å². The Kier molecular flexibility index (Phi) is 6.24. The Morgan fingerprint density at radius 3 is 2.68 bits per heavy atom.